The number of halogens is 1. The van der Waals surface area contributed by atoms with E-state index in [0.717, 1.165) is 15.8 Å². The molecule has 5 heteroatoms. The van der Waals surface area contributed by atoms with Gasteiger partial charge in [-0.1, -0.05) is 15.9 Å². The van der Waals surface area contributed by atoms with Crippen molar-refractivity contribution >= 4 is 33.2 Å². The Kier molecular flexibility index (Phi) is 3.69. The van der Waals surface area contributed by atoms with Crippen molar-refractivity contribution in [3.8, 4) is 0 Å². The van der Waals surface area contributed by atoms with Crippen molar-refractivity contribution in [2.75, 3.05) is 43.7 Å². The molecular weight excluding hydrogens is 284 g/mol. The minimum atomic E-state index is 0.111. The van der Waals surface area contributed by atoms with Gasteiger partial charge in [0, 0.05) is 25.2 Å². The van der Waals surface area contributed by atoms with Gasteiger partial charge in [-0.25, -0.2) is 0 Å². The Balaban J connectivity index is 2.36. The zero-order valence-corrected chi connectivity index (χ0v) is 11.5. The highest BCUT2D eigenvalue weighted by Gasteiger charge is 2.26. The number of carbonyl (C=O) groups excluding carboxylic acids is 1. The van der Waals surface area contributed by atoms with Gasteiger partial charge >= 0.3 is 0 Å². The third-order valence-electron chi connectivity index (χ3n) is 2.83. The van der Waals surface area contributed by atoms with Crippen molar-refractivity contribution in [2.24, 2.45) is 0 Å². The summed E-state index contributed by atoms with van der Waals surface area (Å²) in [5.41, 5.74) is 2.01. The van der Waals surface area contributed by atoms with Crippen molar-refractivity contribution < 1.29 is 9.53 Å². The van der Waals surface area contributed by atoms with E-state index in [1.807, 2.05) is 30.1 Å². The van der Waals surface area contributed by atoms with Crippen LogP contribution >= 0.6 is 15.9 Å². The number of anilines is 2. The van der Waals surface area contributed by atoms with Crippen LogP contribution in [-0.2, 0) is 9.53 Å². The molecule has 1 aliphatic heterocycles. The number of nitrogens with zero attached hydrogens (tertiary/aromatic N) is 2. The maximum Gasteiger partial charge on any atom is 0.246 e. The maximum atomic E-state index is 12.0. The first-order valence-electron chi connectivity index (χ1n) is 5.43. The first-order chi connectivity index (χ1) is 8.13. The molecule has 0 bridgehead atoms. The number of hydrogen-bond acceptors (Lipinski definition) is 3. The first kappa shape index (κ1) is 12.4. The van der Waals surface area contributed by atoms with E-state index in [1.54, 1.807) is 12.0 Å². The molecule has 2 rings (SSSR count). The summed E-state index contributed by atoms with van der Waals surface area (Å²) in [5, 5.41) is 0. The Labute approximate surface area is 109 Å². The Bertz CT molecular complexity index is 437. The predicted octanol–water partition coefficient (Wildman–Crippen LogP) is 1.88. The molecule has 1 aliphatic rings. The quantitative estimate of drug-likeness (QED) is 0.854. The molecular formula is C12H15BrN2O2. The van der Waals surface area contributed by atoms with Crippen molar-refractivity contribution in [1.82, 2.24) is 0 Å². The molecule has 0 N–H and O–H groups in total. The molecule has 1 amide bonds. The van der Waals surface area contributed by atoms with Crippen LogP contribution in [0.25, 0.3) is 0 Å². The Morgan fingerprint density at radius 3 is 2.88 bits per heavy atom. The molecule has 0 fully saturated rings. The van der Waals surface area contributed by atoms with E-state index < -0.39 is 0 Å². The number of likely N-dealkylation sites (N-methyl/N-ethyl adjacent to an activating group) is 1. The first-order valence-corrected chi connectivity index (χ1v) is 6.23. The summed E-state index contributed by atoms with van der Waals surface area (Å²) in [6.07, 6.45) is 0. The van der Waals surface area contributed by atoms with Crippen LogP contribution in [0.4, 0.5) is 11.4 Å². The normalized spacial score (nSPS) is 15.1. The van der Waals surface area contributed by atoms with Crippen LogP contribution in [0.15, 0.2) is 22.7 Å². The second-order valence-electron chi connectivity index (χ2n) is 4.03. The molecule has 0 aromatic heterocycles. The van der Waals surface area contributed by atoms with Gasteiger partial charge in [0.1, 0.15) is 0 Å². The van der Waals surface area contributed by atoms with Crippen LogP contribution in [0.3, 0.4) is 0 Å². The fourth-order valence-corrected chi connectivity index (χ4v) is 2.32. The van der Waals surface area contributed by atoms with Crippen molar-refractivity contribution in [2.45, 2.75) is 0 Å². The number of hydrogen-bond donors (Lipinski definition) is 0. The van der Waals surface area contributed by atoms with Gasteiger partial charge in [-0.2, -0.15) is 0 Å². The van der Waals surface area contributed by atoms with Crippen LogP contribution < -0.4 is 9.80 Å². The van der Waals surface area contributed by atoms with Gasteiger partial charge in [0.2, 0.25) is 5.91 Å². The zero-order chi connectivity index (χ0) is 12.4. The fraction of sp³-hybridized carbons (Fsp3) is 0.417. The number of ether oxygens (including phenoxy) is 1. The summed E-state index contributed by atoms with van der Waals surface area (Å²) >= 11 is 3.45. The zero-order valence-electron chi connectivity index (χ0n) is 9.94. The van der Waals surface area contributed by atoms with E-state index in [0.29, 0.717) is 19.7 Å². The van der Waals surface area contributed by atoms with Gasteiger partial charge < -0.3 is 14.5 Å². The topological polar surface area (TPSA) is 32.8 Å². The SMILES string of the molecule is COCCN1C(=O)CN(C)c2cc(Br)ccc21. The van der Waals surface area contributed by atoms with Gasteiger partial charge in [-0.15, -0.1) is 0 Å². The Morgan fingerprint density at radius 2 is 2.18 bits per heavy atom. The largest absolute Gasteiger partial charge is 0.383 e. The van der Waals surface area contributed by atoms with Gasteiger partial charge in [0.25, 0.3) is 0 Å². The Hall–Kier alpha value is -1.07. The number of rotatable bonds is 3. The number of amides is 1. The van der Waals surface area contributed by atoms with Crippen LogP contribution in [0.5, 0.6) is 0 Å². The summed E-state index contributed by atoms with van der Waals surface area (Å²) in [7, 11) is 3.57. The van der Waals surface area contributed by atoms with E-state index in [2.05, 4.69) is 15.9 Å². The van der Waals surface area contributed by atoms with E-state index in [1.165, 1.54) is 0 Å². The molecule has 0 saturated heterocycles. The molecule has 0 unspecified atom stereocenters. The lowest BCUT2D eigenvalue weighted by molar-refractivity contribution is -0.117. The van der Waals surface area contributed by atoms with Gasteiger partial charge in [0.05, 0.1) is 24.5 Å². The molecule has 0 spiro atoms. The molecule has 92 valence electrons. The van der Waals surface area contributed by atoms with Gasteiger partial charge in [-0.05, 0) is 18.2 Å². The summed E-state index contributed by atoms with van der Waals surface area (Å²) in [6, 6.07) is 5.94. The lowest BCUT2D eigenvalue weighted by Gasteiger charge is -2.35. The van der Waals surface area contributed by atoms with Crippen LogP contribution in [0, 0.1) is 0 Å². The molecule has 0 radical (unpaired) electrons. The summed E-state index contributed by atoms with van der Waals surface area (Å²) in [4.78, 5) is 15.7. The second-order valence-corrected chi connectivity index (χ2v) is 4.94. The summed E-state index contributed by atoms with van der Waals surface area (Å²) in [6.45, 7) is 1.55. The van der Waals surface area contributed by atoms with E-state index in [9.17, 15) is 4.79 Å². The Morgan fingerprint density at radius 1 is 1.41 bits per heavy atom. The highest BCUT2D eigenvalue weighted by molar-refractivity contribution is 9.10. The molecule has 1 aromatic carbocycles. The fourth-order valence-electron chi connectivity index (χ4n) is 1.97. The molecule has 17 heavy (non-hydrogen) atoms. The third-order valence-corrected chi connectivity index (χ3v) is 3.33. The molecule has 0 saturated carbocycles. The monoisotopic (exact) mass is 298 g/mol. The van der Waals surface area contributed by atoms with E-state index >= 15 is 0 Å². The molecule has 1 aromatic rings. The summed E-state index contributed by atoms with van der Waals surface area (Å²) in [5.74, 6) is 0.111. The standard InChI is InChI=1S/C12H15BrN2O2/c1-14-8-12(16)15(5-6-17-2)10-4-3-9(13)7-11(10)14/h3-4,7H,5-6,8H2,1-2H3. The van der Waals surface area contributed by atoms with Crippen molar-refractivity contribution in [3.05, 3.63) is 22.7 Å². The molecule has 0 aliphatic carbocycles. The van der Waals surface area contributed by atoms with E-state index in [-0.39, 0.29) is 5.91 Å². The van der Waals surface area contributed by atoms with Crippen molar-refractivity contribution in [1.29, 1.82) is 0 Å². The highest BCUT2D eigenvalue weighted by atomic mass is 79.9. The number of benzene rings is 1. The predicted molar refractivity (Wildman–Crippen MR) is 71.6 cm³/mol. The van der Waals surface area contributed by atoms with Gasteiger partial charge in [-0.3, -0.25) is 4.79 Å². The van der Waals surface area contributed by atoms with Crippen molar-refractivity contribution in [3.63, 3.8) is 0 Å². The van der Waals surface area contributed by atoms with Gasteiger partial charge in [0.15, 0.2) is 0 Å². The molecule has 4 nitrogen and oxygen atoms in total. The second kappa shape index (κ2) is 5.06. The lowest BCUT2D eigenvalue weighted by Crippen LogP contribution is -2.45. The average molecular weight is 299 g/mol. The highest BCUT2D eigenvalue weighted by Crippen LogP contribution is 2.34. The minimum absolute atomic E-state index is 0.111. The minimum Gasteiger partial charge on any atom is -0.383 e. The summed E-state index contributed by atoms with van der Waals surface area (Å²) < 4.78 is 6.06. The smallest absolute Gasteiger partial charge is 0.246 e. The maximum absolute atomic E-state index is 12.0. The average Bonchev–Trinajstić information content (AvgIpc) is 2.29. The number of carbonyl (C=O) groups is 1. The number of fused-ring (bicyclic) bond motifs is 1. The molecule has 0 atom stereocenters. The number of methoxy groups -OCH3 is 1. The van der Waals surface area contributed by atoms with Crippen LogP contribution in [0.1, 0.15) is 0 Å². The molecule has 1 heterocycles. The van der Waals surface area contributed by atoms with Crippen LogP contribution in [-0.4, -0.2) is 39.8 Å². The van der Waals surface area contributed by atoms with Crippen LogP contribution in [0.2, 0.25) is 0 Å². The third kappa shape index (κ3) is 2.45. The van der Waals surface area contributed by atoms with E-state index in [4.69, 9.17) is 4.74 Å². The lowest BCUT2D eigenvalue weighted by atomic mass is 10.1.